The monoisotopic (exact) mass is 448 g/mol. The molecule has 1 N–H and O–H groups in total. The number of ether oxygens (including phenoxy) is 3. The van der Waals surface area contributed by atoms with Crippen LogP contribution in [-0.2, 0) is 18.4 Å². The molecule has 10 heteroatoms. The number of carbonyl (C=O) groups is 1. The molecule has 2 aromatic carbocycles. The van der Waals surface area contributed by atoms with Crippen LogP contribution in [0.15, 0.2) is 47.6 Å². The zero-order valence-electron chi connectivity index (χ0n) is 16.7. The van der Waals surface area contributed by atoms with Crippen LogP contribution in [-0.4, -0.2) is 40.6 Å². The zero-order valence-corrected chi connectivity index (χ0v) is 18.3. The van der Waals surface area contributed by atoms with Gasteiger partial charge in [-0.05, 0) is 36.4 Å². The second-order valence-electron chi connectivity index (χ2n) is 6.11. The minimum atomic E-state index is -0.172. The van der Waals surface area contributed by atoms with Gasteiger partial charge < -0.3 is 24.1 Å². The van der Waals surface area contributed by atoms with Crippen molar-refractivity contribution in [2.45, 2.75) is 11.8 Å². The zero-order chi connectivity index (χ0) is 21.5. The summed E-state index contributed by atoms with van der Waals surface area (Å²) in [4.78, 5) is 12.3. The Morgan fingerprint density at radius 1 is 1.10 bits per heavy atom. The van der Waals surface area contributed by atoms with Gasteiger partial charge in [0, 0.05) is 23.8 Å². The molecule has 1 amide bonds. The van der Waals surface area contributed by atoms with E-state index in [2.05, 4.69) is 15.5 Å². The number of nitrogens with one attached hydrogen (secondary N) is 1. The molecule has 0 saturated heterocycles. The Labute approximate surface area is 183 Å². The van der Waals surface area contributed by atoms with E-state index in [0.717, 1.165) is 0 Å². The predicted molar refractivity (Wildman–Crippen MR) is 116 cm³/mol. The number of carbonyl (C=O) groups excluding carboxylic acids is 1. The first-order chi connectivity index (χ1) is 14.5. The number of rotatable bonds is 9. The third-order valence-corrected chi connectivity index (χ3v) is 5.38. The molecule has 0 unspecified atom stereocenters. The third-order valence-electron chi connectivity index (χ3n) is 4.11. The first-order valence-electron chi connectivity index (χ1n) is 8.91. The average molecular weight is 449 g/mol. The molecule has 158 valence electrons. The van der Waals surface area contributed by atoms with Crippen LogP contribution in [0.2, 0.25) is 5.02 Å². The minimum absolute atomic E-state index is 0.172. The van der Waals surface area contributed by atoms with Crippen molar-refractivity contribution >= 4 is 35.0 Å². The lowest BCUT2D eigenvalue weighted by molar-refractivity contribution is -0.113. The molecular weight excluding hydrogens is 428 g/mol. The van der Waals surface area contributed by atoms with Crippen molar-refractivity contribution in [2.24, 2.45) is 7.05 Å². The van der Waals surface area contributed by atoms with Gasteiger partial charge in [0.15, 0.2) is 22.5 Å². The molecule has 0 bridgehead atoms. The van der Waals surface area contributed by atoms with Gasteiger partial charge in [-0.15, -0.1) is 10.2 Å². The topological polar surface area (TPSA) is 87.5 Å². The van der Waals surface area contributed by atoms with Gasteiger partial charge >= 0.3 is 0 Å². The lowest BCUT2D eigenvalue weighted by Crippen LogP contribution is -2.14. The standard InChI is InChI=1S/C20H21ClN4O4S/c1-25-18(11-29-15-7-4-13(21)5-8-15)23-24-20(25)30-12-19(26)22-14-6-9-16(27-2)17(10-14)28-3/h4-10H,11-12H2,1-3H3,(H,22,26). The van der Waals surface area contributed by atoms with E-state index < -0.39 is 0 Å². The van der Waals surface area contributed by atoms with Crippen molar-refractivity contribution in [3.05, 3.63) is 53.3 Å². The number of benzene rings is 2. The van der Waals surface area contributed by atoms with Crippen LogP contribution in [0.3, 0.4) is 0 Å². The van der Waals surface area contributed by atoms with Crippen LogP contribution >= 0.6 is 23.4 Å². The smallest absolute Gasteiger partial charge is 0.234 e. The van der Waals surface area contributed by atoms with Crippen molar-refractivity contribution in [3.63, 3.8) is 0 Å². The number of aromatic nitrogens is 3. The van der Waals surface area contributed by atoms with Crippen LogP contribution < -0.4 is 19.5 Å². The van der Waals surface area contributed by atoms with Gasteiger partial charge in [-0.3, -0.25) is 4.79 Å². The Hall–Kier alpha value is -2.91. The fraction of sp³-hybridized carbons (Fsp3) is 0.250. The first kappa shape index (κ1) is 21.8. The summed E-state index contributed by atoms with van der Waals surface area (Å²) in [5.74, 6) is 2.48. The Balaban J connectivity index is 1.53. The van der Waals surface area contributed by atoms with Gasteiger partial charge in [-0.1, -0.05) is 23.4 Å². The molecule has 0 spiro atoms. The van der Waals surface area contributed by atoms with Crippen LogP contribution in [0.1, 0.15) is 5.82 Å². The molecule has 30 heavy (non-hydrogen) atoms. The summed E-state index contributed by atoms with van der Waals surface area (Å²) in [5.41, 5.74) is 0.619. The molecule has 1 heterocycles. The molecule has 1 aromatic heterocycles. The summed E-state index contributed by atoms with van der Waals surface area (Å²) in [6, 6.07) is 12.3. The Morgan fingerprint density at radius 2 is 1.83 bits per heavy atom. The summed E-state index contributed by atoms with van der Waals surface area (Å²) >= 11 is 7.15. The van der Waals surface area contributed by atoms with Crippen LogP contribution in [0.25, 0.3) is 0 Å². The number of nitrogens with zero attached hydrogens (tertiary/aromatic N) is 3. The van der Waals surface area contributed by atoms with Gasteiger partial charge in [0.1, 0.15) is 12.4 Å². The Kier molecular flexibility index (Phi) is 7.42. The van der Waals surface area contributed by atoms with Crippen LogP contribution in [0.5, 0.6) is 17.2 Å². The molecule has 0 aliphatic rings. The van der Waals surface area contributed by atoms with Crippen LogP contribution in [0.4, 0.5) is 5.69 Å². The van der Waals surface area contributed by atoms with E-state index in [0.29, 0.717) is 38.9 Å². The maximum atomic E-state index is 12.3. The Bertz CT molecular complexity index is 1010. The van der Waals surface area contributed by atoms with Crippen molar-refractivity contribution in [1.82, 2.24) is 14.8 Å². The summed E-state index contributed by atoms with van der Waals surface area (Å²) in [5, 5.41) is 12.4. The second-order valence-corrected chi connectivity index (χ2v) is 7.49. The minimum Gasteiger partial charge on any atom is -0.493 e. The van der Waals surface area contributed by atoms with Gasteiger partial charge in [-0.25, -0.2) is 0 Å². The maximum absolute atomic E-state index is 12.3. The van der Waals surface area contributed by atoms with Gasteiger partial charge in [-0.2, -0.15) is 0 Å². The fourth-order valence-electron chi connectivity index (χ4n) is 2.52. The van der Waals surface area contributed by atoms with E-state index in [1.165, 1.54) is 11.8 Å². The average Bonchev–Trinajstić information content (AvgIpc) is 3.11. The summed E-state index contributed by atoms with van der Waals surface area (Å²) in [7, 11) is 4.93. The SMILES string of the molecule is COc1ccc(NC(=O)CSc2nnc(COc3ccc(Cl)cc3)n2C)cc1OC. The van der Waals surface area contributed by atoms with Crippen molar-refractivity contribution in [3.8, 4) is 17.2 Å². The molecule has 0 aliphatic heterocycles. The largest absolute Gasteiger partial charge is 0.493 e. The van der Waals surface area contributed by atoms with E-state index >= 15 is 0 Å². The van der Waals surface area contributed by atoms with Gasteiger partial charge in [0.05, 0.1) is 20.0 Å². The predicted octanol–water partition coefficient (Wildman–Crippen LogP) is 3.80. The lowest BCUT2D eigenvalue weighted by atomic mass is 10.2. The fourth-order valence-corrected chi connectivity index (χ4v) is 3.37. The lowest BCUT2D eigenvalue weighted by Gasteiger charge is -2.10. The van der Waals surface area contributed by atoms with Gasteiger partial charge in [0.25, 0.3) is 0 Å². The second kappa shape index (κ2) is 10.2. The molecule has 0 saturated carbocycles. The van der Waals surface area contributed by atoms with E-state index in [4.69, 9.17) is 25.8 Å². The highest BCUT2D eigenvalue weighted by Crippen LogP contribution is 2.30. The number of amides is 1. The van der Waals surface area contributed by atoms with Crippen molar-refractivity contribution in [2.75, 3.05) is 25.3 Å². The molecule has 0 fully saturated rings. The summed E-state index contributed by atoms with van der Waals surface area (Å²) < 4.78 is 17.9. The molecule has 0 atom stereocenters. The molecule has 0 aliphatic carbocycles. The maximum Gasteiger partial charge on any atom is 0.234 e. The molecule has 0 radical (unpaired) electrons. The van der Waals surface area contributed by atoms with Crippen molar-refractivity contribution < 1.29 is 19.0 Å². The number of anilines is 1. The number of methoxy groups -OCH3 is 2. The summed E-state index contributed by atoms with van der Waals surface area (Å²) in [6.45, 7) is 0.254. The normalized spacial score (nSPS) is 10.5. The molecule has 3 rings (SSSR count). The highest BCUT2D eigenvalue weighted by molar-refractivity contribution is 7.99. The number of hydrogen-bond donors (Lipinski definition) is 1. The number of halogens is 1. The van der Waals surface area contributed by atoms with Gasteiger partial charge in [0.2, 0.25) is 5.91 Å². The highest BCUT2D eigenvalue weighted by atomic mass is 35.5. The first-order valence-corrected chi connectivity index (χ1v) is 10.3. The molecule has 3 aromatic rings. The van der Waals surface area contributed by atoms with E-state index in [1.54, 1.807) is 61.3 Å². The highest BCUT2D eigenvalue weighted by Gasteiger charge is 2.13. The third kappa shape index (κ3) is 5.58. The number of thioether (sulfide) groups is 1. The Morgan fingerprint density at radius 3 is 2.53 bits per heavy atom. The van der Waals surface area contributed by atoms with E-state index in [9.17, 15) is 4.79 Å². The molecular formula is C20H21ClN4O4S. The van der Waals surface area contributed by atoms with Crippen molar-refractivity contribution in [1.29, 1.82) is 0 Å². The van der Waals surface area contributed by atoms with Crippen LogP contribution in [0, 0.1) is 0 Å². The quantitative estimate of drug-likeness (QED) is 0.498. The molecule has 8 nitrogen and oxygen atoms in total. The van der Waals surface area contributed by atoms with E-state index in [-0.39, 0.29) is 18.3 Å². The number of hydrogen-bond acceptors (Lipinski definition) is 7. The summed E-state index contributed by atoms with van der Waals surface area (Å²) in [6.07, 6.45) is 0. The van der Waals surface area contributed by atoms with E-state index in [1.807, 2.05) is 7.05 Å².